The third kappa shape index (κ3) is 4.32. The van der Waals surface area contributed by atoms with E-state index in [2.05, 4.69) is 17.2 Å². The topological polar surface area (TPSA) is 64.6 Å². The first-order valence-electron chi connectivity index (χ1n) is 6.07. The molecule has 5 nitrogen and oxygen atoms in total. The van der Waals surface area contributed by atoms with Crippen LogP contribution in [0.5, 0.6) is 11.5 Å². The number of benzene rings is 1. The summed E-state index contributed by atoms with van der Waals surface area (Å²) in [5.41, 5.74) is 1.05. The van der Waals surface area contributed by atoms with Crippen LogP contribution >= 0.6 is 0 Å². The molecule has 0 aliphatic heterocycles. The Labute approximate surface area is 118 Å². The molecule has 106 valence electrons. The first-order valence-corrected chi connectivity index (χ1v) is 6.07. The van der Waals surface area contributed by atoms with Crippen LogP contribution in [0.4, 0.5) is 0 Å². The monoisotopic (exact) mass is 275 g/mol. The van der Waals surface area contributed by atoms with Gasteiger partial charge in [-0.15, -0.1) is 0 Å². The van der Waals surface area contributed by atoms with E-state index in [0.717, 1.165) is 6.29 Å². The highest BCUT2D eigenvalue weighted by atomic mass is 16.5. The molecule has 1 rings (SSSR count). The number of ether oxygens (including phenoxy) is 2. The summed E-state index contributed by atoms with van der Waals surface area (Å²) in [4.78, 5) is 21.5. The Hall–Kier alpha value is -2.48. The molecule has 1 aromatic rings. The average molecular weight is 275 g/mol. The van der Waals surface area contributed by atoms with Gasteiger partial charge in [0.05, 0.1) is 14.2 Å². The Morgan fingerprint density at radius 3 is 2.35 bits per heavy atom. The van der Waals surface area contributed by atoms with Gasteiger partial charge in [-0.25, -0.2) is 0 Å². The molecular weight excluding hydrogens is 258 g/mol. The van der Waals surface area contributed by atoms with E-state index in [1.165, 1.54) is 21.1 Å². The highest BCUT2D eigenvalue weighted by Crippen LogP contribution is 2.29. The average Bonchev–Trinajstić information content (AvgIpc) is 2.46. The van der Waals surface area contributed by atoms with Gasteiger partial charge in [-0.05, 0) is 12.1 Å². The second-order valence-electron chi connectivity index (χ2n) is 3.95. The summed E-state index contributed by atoms with van der Waals surface area (Å²) in [6.45, 7) is 1.94. The lowest BCUT2D eigenvalue weighted by molar-refractivity contribution is -0.118. The first-order chi connectivity index (χ1) is 9.62. The van der Waals surface area contributed by atoms with Gasteiger partial charge in [-0.1, -0.05) is 11.8 Å². The smallest absolute Gasteiger partial charge is 0.216 e. The van der Waals surface area contributed by atoms with E-state index >= 15 is 0 Å². The van der Waals surface area contributed by atoms with Crippen LogP contribution in [-0.2, 0) is 4.79 Å². The fourth-order valence-corrected chi connectivity index (χ4v) is 1.58. The quantitative estimate of drug-likeness (QED) is 0.501. The lowest BCUT2D eigenvalue weighted by atomic mass is 10.1. The van der Waals surface area contributed by atoms with Crippen molar-refractivity contribution in [3.05, 3.63) is 23.3 Å². The van der Waals surface area contributed by atoms with Gasteiger partial charge < -0.3 is 14.8 Å². The van der Waals surface area contributed by atoms with E-state index in [-0.39, 0.29) is 5.91 Å². The minimum Gasteiger partial charge on any atom is -0.495 e. The molecule has 1 amide bonds. The van der Waals surface area contributed by atoms with Crippen molar-refractivity contribution >= 4 is 12.2 Å². The molecule has 0 fully saturated rings. The predicted molar refractivity (Wildman–Crippen MR) is 75.1 cm³/mol. The molecule has 0 saturated heterocycles. The van der Waals surface area contributed by atoms with Gasteiger partial charge in [0.15, 0.2) is 0 Å². The summed E-state index contributed by atoms with van der Waals surface area (Å²) in [7, 11) is 3.01. The van der Waals surface area contributed by atoms with Crippen molar-refractivity contribution < 1.29 is 19.1 Å². The van der Waals surface area contributed by atoms with Crippen LogP contribution in [0.25, 0.3) is 0 Å². The van der Waals surface area contributed by atoms with E-state index in [4.69, 9.17) is 9.47 Å². The Morgan fingerprint density at radius 1 is 1.30 bits per heavy atom. The third-order valence-corrected chi connectivity index (χ3v) is 2.50. The molecule has 0 radical (unpaired) electrons. The standard InChI is InChI=1S/C15H17NO4/c1-11(18)16-7-5-4-6-13-14(19-2)8-12(10-17)9-15(13)20-3/h8-10H,5,7H2,1-3H3,(H,16,18). The molecule has 0 unspecified atom stereocenters. The van der Waals surface area contributed by atoms with Gasteiger partial charge >= 0.3 is 0 Å². The number of hydrogen-bond donors (Lipinski definition) is 1. The molecule has 0 aliphatic rings. The van der Waals surface area contributed by atoms with E-state index < -0.39 is 0 Å². The summed E-state index contributed by atoms with van der Waals surface area (Å²) in [5, 5.41) is 2.66. The highest BCUT2D eigenvalue weighted by molar-refractivity contribution is 5.78. The largest absolute Gasteiger partial charge is 0.495 e. The van der Waals surface area contributed by atoms with E-state index in [9.17, 15) is 9.59 Å². The summed E-state index contributed by atoms with van der Waals surface area (Å²) in [5.74, 6) is 6.76. The van der Waals surface area contributed by atoms with Gasteiger partial charge in [0.1, 0.15) is 23.3 Å². The molecule has 0 atom stereocenters. The van der Waals surface area contributed by atoms with Crippen molar-refractivity contribution in [2.24, 2.45) is 0 Å². The fourth-order valence-electron chi connectivity index (χ4n) is 1.58. The van der Waals surface area contributed by atoms with Crippen LogP contribution in [0.3, 0.4) is 0 Å². The molecule has 0 saturated carbocycles. The molecule has 20 heavy (non-hydrogen) atoms. The second-order valence-corrected chi connectivity index (χ2v) is 3.95. The maximum Gasteiger partial charge on any atom is 0.216 e. The minimum atomic E-state index is -0.0858. The molecule has 0 spiro atoms. The summed E-state index contributed by atoms with van der Waals surface area (Å²) in [6, 6.07) is 3.21. The Kier molecular flexibility index (Phi) is 6.11. The highest BCUT2D eigenvalue weighted by Gasteiger charge is 2.10. The van der Waals surface area contributed by atoms with Crippen molar-refractivity contribution in [2.45, 2.75) is 13.3 Å². The summed E-state index contributed by atoms with van der Waals surface area (Å²) in [6.07, 6.45) is 1.24. The van der Waals surface area contributed by atoms with Crippen LogP contribution in [0.2, 0.25) is 0 Å². The SMILES string of the molecule is COc1cc(C=O)cc(OC)c1C#CCCNC(C)=O. The van der Waals surface area contributed by atoms with Gasteiger partial charge in [0, 0.05) is 25.5 Å². The van der Waals surface area contributed by atoms with Crippen molar-refractivity contribution in [1.29, 1.82) is 0 Å². The zero-order valence-electron chi connectivity index (χ0n) is 11.8. The number of nitrogens with one attached hydrogen (secondary N) is 1. The van der Waals surface area contributed by atoms with Crippen LogP contribution in [0.15, 0.2) is 12.1 Å². The molecule has 0 aromatic heterocycles. The van der Waals surface area contributed by atoms with Crippen LogP contribution in [0, 0.1) is 11.8 Å². The fraction of sp³-hybridized carbons (Fsp3) is 0.333. The zero-order valence-corrected chi connectivity index (χ0v) is 11.8. The number of amides is 1. The lowest BCUT2D eigenvalue weighted by Crippen LogP contribution is -2.20. The molecule has 5 heteroatoms. The molecule has 0 aliphatic carbocycles. The number of hydrogen-bond acceptors (Lipinski definition) is 4. The third-order valence-electron chi connectivity index (χ3n) is 2.50. The van der Waals surface area contributed by atoms with Crippen molar-refractivity contribution in [3.8, 4) is 23.3 Å². The number of methoxy groups -OCH3 is 2. The Balaban J connectivity index is 2.95. The van der Waals surface area contributed by atoms with Crippen LogP contribution in [-0.4, -0.2) is 33.0 Å². The Morgan fingerprint density at radius 2 is 1.90 bits per heavy atom. The maximum absolute atomic E-state index is 10.8. The van der Waals surface area contributed by atoms with Gasteiger partial charge in [0.25, 0.3) is 0 Å². The van der Waals surface area contributed by atoms with Crippen molar-refractivity contribution in [1.82, 2.24) is 5.32 Å². The molecular formula is C15H17NO4. The number of carbonyl (C=O) groups is 2. The molecule has 1 N–H and O–H groups in total. The normalized spacial score (nSPS) is 9.15. The Bertz CT molecular complexity index is 530. The summed E-state index contributed by atoms with van der Waals surface area (Å²) >= 11 is 0. The number of carbonyl (C=O) groups excluding carboxylic acids is 2. The molecule has 0 bridgehead atoms. The zero-order chi connectivity index (χ0) is 15.0. The maximum atomic E-state index is 10.8. The second kappa shape index (κ2) is 7.85. The van der Waals surface area contributed by atoms with Crippen molar-refractivity contribution in [3.63, 3.8) is 0 Å². The lowest BCUT2D eigenvalue weighted by Gasteiger charge is -2.09. The molecule has 1 aromatic carbocycles. The first kappa shape index (κ1) is 15.6. The predicted octanol–water partition coefficient (Wildman–Crippen LogP) is 1.39. The molecule has 0 heterocycles. The van der Waals surface area contributed by atoms with Crippen LogP contribution < -0.4 is 14.8 Å². The number of aldehydes is 1. The van der Waals surface area contributed by atoms with Gasteiger partial charge in [-0.3, -0.25) is 9.59 Å². The van der Waals surface area contributed by atoms with E-state index in [1.54, 1.807) is 12.1 Å². The van der Waals surface area contributed by atoms with Gasteiger partial charge in [0.2, 0.25) is 5.91 Å². The van der Waals surface area contributed by atoms with E-state index in [0.29, 0.717) is 35.6 Å². The minimum absolute atomic E-state index is 0.0858. The summed E-state index contributed by atoms with van der Waals surface area (Å²) < 4.78 is 10.4. The van der Waals surface area contributed by atoms with Crippen molar-refractivity contribution in [2.75, 3.05) is 20.8 Å². The number of rotatable bonds is 5. The van der Waals surface area contributed by atoms with E-state index in [1.807, 2.05) is 0 Å². The van der Waals surface area contributed by atoms with Crippen LogP contribution in [0.1, 0.15) is 29.3 Å². The van der Waals surface area contributed by atoms with Gasteiger partial charge in [-0.2, -0.15) is 0 Å².